The number of esters is 1. The van der Waals surface area contributed by atoms with Gasteiger partial charge in [-0.15, -0.1) is 0 Å². The Morgan fingerprint density at radius 2 is 1.87 bits per heavy atom. The Hall–Kier alpha value is -4.46. The summed E-state index contributed by atoms with van der Waals surface area (Å²) in [5.74, 6) is -2.45. The maximum atomic E-state index is 13.1. The van der Waals surface area contributed by atoms with Crippen LogP contribution in [-0.2, 0) is 35.0 Å². The third kappa shape index (κ3) is 10.3. The highest BCUT2D eigenvalue weighted by molar-refractivity contribution is 6.05. The number of hydrogen-bond donors (Lipinski definition) is 5. The molecule has 1 aromatic carbocycles. The quantitative estimate of drug-likeness (QED) is 0.0952. The van der Waals surface area contributed by atoms with E-state index in [0.717, 1.165) is 0 Å². The van der Waals surface area contributed by atoms with Crippen molar-refractivity contribution in [2.24, 2.45) is 28.3 Å². The summed E-state index contributed by atoms with van der Waals surface area (Å²) in [4.78, 5) is 41.7. The first-order chi connectivity index (χ1) is 21.8. The van der Waals surface area contributed by atoms with E-state index < -0.39 is 48.3 Å². The van der Waals surface area contributed by atoms with Crippen molar-refractivity contribution in [2.75, 3.05) is 26.1 Å². The Morgan fingerprint density at radius 1 is 1.17 bits per heavy atom. The SMILES string of the molecule is C=CC=Nc1c(O)cc2c(O)c1C[C@@H](C)C[C@H](OC)[C@H](OC(=O)CN)[C@@H](C)/C=C(\C)[C@H](OC(N)=O)[C@@H](OC)/C=C\C=C(/C)C(=O)N2. The van der Waals surface area contributed by atoms with Crippen molar-refractivity contribution in [1.29, 1.82) is 0 Å². The van der Waals surface area contributed by atoms with Gasteiger partial charge in [0.05, 0.1) is 18.3 Å². The highest BCUT2D eigenvalue weighted by Gasteiger charge is 2.33. The van der Waals surface area contributed by atoms with Crippen molar-refractivity contribution >= 4 is 35.6 Å². The maximum Gasteiger partial charge on any atom is 0.405 e. The van der Waals surface area contributed by atoms with Gasteiger partial charge >= 0.3 is 12.1 Å². The fourth-order valence-corrected chi connectivity index (χ4v) is 5.23. The zero-order chi connectivity index (χ0) is 34.6. The highest BCUT2D eigenvalue weighted by atomic mass is 16.6. The van der Waals surface area contributed by atoms with Gasteiger partial charge < -0.3 is 45.9 Å². The summed E-state index contributed by atoms with van der Waals surface area (Å²) in [5, 5.41) is 24.8. The number of nitrogens with one attached hydrogen (secondary N) is 1. The number of nitrogens with two attached hydrogens (primary N) is 2. The standard InChI is InChI=1S/C33H46N4O9/c1-8-12-36-28-22-13-18(2)14-26(44-7)31(45-27(39)17-34)21(5)15-20(4)30(46-33(35)42)25(43-6)11-9-10-19(3)32(41)37-23(29(22)40)16-24(28)38/h8-12,15-16,18,21,25-26,30-31,38,40H,1,13-14,17,34H2,2-7H3,(H2,35,42)(H,37,41)/b11-9-,19-10+,20-15+,36-12?/t18-,21+,25+,26+,30+,31-/m1/s1. The first-order valence-electron chi connectivity index (χ1n) is 14.8. The molecular formula is C33H46N4O9. The first kappa shape index (κ1) is 37.7. The molecule has 0 radical (unpaired) electrons. The van der Waals surface area contributed by atoms with Crippen LogP contribution in [0.4, 0.5) is 16.2 Å². The number of anilines is 1. The Morgan fingerprint density at radius 3 is 2.46 bits per heavy atom. The number of ether oxygens (including phenoxy) is 4. The van der Waals surface area contributed by atoms with Crippen LogP contribution < -0.4 is 16.8 Å². The minimum absolute atomic E-state index is 0.0203. The number of rotatable bonds is 7. The van der Waals surface area contributed by atoms with Crippen LogP contribution in [0, 0.1) is 11.8 Å². The van der Waals surface area contributed by atoms with Crippen LogP contribution in [0.1, 0.15) is 39.7 Å². The van der Waals surface area contributed by atoms with Crippen LogP contribution in [0.2, 0.25) is 0 Å². The Balaban J connectivity index is 2.80. The van der Waals surface area contributed by atoms with Crippen molar-refractivity contribution in [3.8, 4) is 11.5 Å². The molecule has 0 aromatic heterocycles. The number of aliphatic imine (C=N–C) groups is 1. The Labute approximate surface area is 269 Å². The lowest BCUT2D eigenvalue weighted by molar-refractivity contribution is -0.158. The van der Waals surface area contributed by atoms with Gasteiger partial charge in [0.2, 0.25) is 0 Å². The van der Waals surface area contributed by atoms with E-state index in [-0.39, 0.29) is 52.9 Å². The average molecular weight is 643 g/mol. The van der Waals surface area contributed by atoms with Gasteiger partial charge in [0, 0.05) is 43.6 Å². The predicted octanol–water partition coefficient (Wildman–Crippen LogP) is 3.96. The third-order valence-electron chi connectivity index (χ3n) is 7.51. The summed E-state index contributed by atoms with van der Waals surface area (Å²) in [6.07, 6.45) is 5.43. The van der Waals surface area contributed by atoms with Crippen molar-refractivity contribution in [2.45, 2.75) is 65.0 Å². The Bertz CT molecular complexity index is 1390. The number of phenolic OH excluding ortho intramolecular Hbond substituents is 2. The van der Waals surface area contributed by atoms with Crippen molar-refractivity contribution < 1.29 is 43.5 Å². The molecule has 7 N–H and O–H groups in total. The fraction of sp³-hybridized carbons (Fsp3) is 0.455. The van der Waals surface area contributed by atoms with E-state index in [1.807, 2.05) is 13.8 Å². The number of phenols is 2. The lowest BCUT2D eigenvalue weighted by Gasteiger charge is -2.32. The second-order valence-electron chi connectivity index (χ2n) is 11.1. The molecular weight excluding hydrogens is 596 g/mol. The number of carbonyl (C=O) groups excluding carboxylic acids is 3. The Kier molecular flexibility index (Phi) is 14.7. The molecule has 13 heteroatoms. The van der Waals surface area contributed by atoms with Crippen molar-refractivity contribution in [1.82, 2.24) is 0 Å². The number of nitrogens with zero attached hydrogens (tertiary/aromatic N) is 1. The zero-order valence-electron chi connectivity index (χ0n) is 27.2. The van der Waals surface area contributed by atoms with Gasteiger partial charge in [0.25, 0.3) is 5.91 Å². The van der Waals surface area contributed by atoms with Crippen molar-refractivity contribution in [3.05, 3.63) is 59.7 Å². The number of fused-ring (bicyclic) bond motifs is 2. The maximum absolute atomic E-state index is 13.1. The number of carbonyl (C=O) groups is 3. The number of aromatic hydroxyl groups is 2. The third-order valence-corrected chi connectivity index (χ3v) is 7.51. The van der Waals surface area contributed by atoms with Crippen LogP contribution in [0.15, 0.2) is 59.2 Å². The molecule has 6 atom stereocenters. The van der Waals surface area contributed by atoms with Crippen LogP contribution in [0.3, 0.4) is 0 Å². The lowest BCUT2D eigenvalue weighted by Crippen LogP contribution is -2.41. The second-order valence-corrected chi connectivity index (χ2v) is 11.1. The minimum Gasteiger partial charge on any atom is -0.506 e. The second kappa shape index (κ2) is 17.9. The number of benzene rings is 1. The molecule has 46 heavy (non-hydrogen) atoms. The van der Waals surface area contributed by atoms with E-state index >= 15 is 0 Å². The topological polar surface area (TPSA) is 205 Å². The lowest BCUT2D eigenvalue weighted by atomic mass is 9.87. The molecule has 1 heterocycles. The van der Waals surface area contributed by atoms with E-state index in [4.69, 9.17) is 30.4 Å². The molecule has 2 rings (SSSR count). The molecule has 13 nitrogen and oxygen atoms in total. The molecule has 0 aliphatic carbocycles. The molecule has 0 unspecified atom stereocenters. The van der Waals surface area contributed by atoms with Gasteiger partial charge in [0.15, 0.2) is 6.10 Å². The largest absolute Gasteiger partial charge is 0.506 e. The molecule has 0 fully saturated rings. The number of allylic oxidation sites excluding steroid dienone is 3. The van der Waals surface area contributed by atoms with E-state index in [9.17, 15) is 24.6 Å². The molecule has 0 saturated carbocycles. The molecule has 0 saturated heterocycles. The van der Waals surface area contributed by atoms with Crippen LogP contribution in [0.25, 0.3) is 0 Å². The summed E-state index contributed by atoms with van der Waals surface area (Å²) in [5.41, 5.74) is 12.2. The number of hydrogen-bond acceptors (Lipinski definition) is 11. The molecule has 2 bridgehead atoms. The molecule has 1 aliphatic heterocycles. The monoisotopic (exact) mass is 642 g/mol. The van der Waals surface area contributed by atoms with Crippen LogP contribution in [0.5, 0.6) is 11.5 Å². The molecule has 1 aromatic rings. The van der Waals surface area contributed by atoms with Crippen molar-refractivity contribution in [3.63, 3.8) is 0 Å². The van der Waals surface area contributed by atoms with Gasteiger partial charge in [-0.1, -0.05) is 50.8 Å². The van der Waals surface area contributed by atoms with Crippen LogP contribution in [-0.4, -0.2) is 79.6 Å². The van der Waals surface area contributed by atoms with Gasteiger partial charge in [-0.25, -0.2) is 4.79 Å². The summed E-state index contributed by atoms with van der Waals surface area (Å²) >= 11 is 0. The number of amides is 2. The van der Waals surface area contributed by atoms with E-state index in [1.54, 1.807) is 32.1 Å². The summed E-state index contributed by atoms with van der Waals surface area (Å²) < 4.78 is 22.6. The van der Waals surface area contributed by atoms with E-state index in [0.29, 0.717) is 12.0 Å². The minimum atomic E-state index is -1.03. The summed E-state index contributed by atoms with van der Waals surface area (Å²) in [6, 6.07) is 1.21. The van der Waals surface area contributed by atoms with E-state index in [1.165, 1.54) is 38.7 Å². The summed E-state index contributed by atoms with van der Waals surface area (Å²) in [6.45, 7) is 10.3. The van der Waals surface area contributed by atoms with Crippen LogP contribution >= 0.6 is 0 Å². The van der Waals surface area contributed by atoms with Gasteiger partial charge in [-0.3, -0.25) is 14.6 Å². The molecule has 1 aliphatic rings. The number of methoxy groups -OCH3 is 2. The van der Waals surface area contributed by atoms with Gasteiger partial charge in [0.1, 0.15) is 29.4 Å². The zero-order valence-corrected chi connectivity index (χ0v) is 27.2. The fourth-order valence-electron chi connectivity index (χ4n) is 5.23. The first-order valence-corrected chi connectivity index (χ1v) is 14.8. The normalized spacial score (nSPS) is 27.8. The predicted molar refractivity (Wildman–Crippen MR) is 175 cm³/mol. The molecule has 2 amide bonds. The number of primary amides is 1. The molecule has 0 spiro atoms. The van der Waals surface area contributed by atoms with E-state index in [2.05, 4.69) is 16.9 Å². The smallest absolute Gasteiger partial charge is 0.405 e. The van der Waals surface area contributed by atoms with Gasteiger partial charge in [-0.05, 0) is 38.2 Å². The highest BCUT2D eigenvalue weighted by Crippen LogP contribution is 2.44. The molecule has 252 valence electrons. The van der Waals surface area contributed by atoms with Gasteiger partial charge in [-0.2, -0.15) is 0 Å². The average Bonchev–Trinajstić information content (AvgIpc) is 3.01. The summed E-state index contributed by atoms with van der Waals surface area (Å²) in [7, 11) is 2.91.